The molecule has 1 aliphatic rings. The number of rotatable bonds is 5. The van der Waals surface area contributed by atoms with Crippen LogP contribution >= 0.6 is 0 Å². The number of carbonyl (C=O) groups is 1. The topological polar surface area (TPSA) is 75.1 Å². The molecule has 1 atom stereocenters. The monoisotopic (exact) mass is 464 g/mol. The van der Waals surface area contributed by atoms with Gasteiger partial charge >= 0.3 is 0 Å². The Morgan fingerprint density at radius 3 is 2.40 bits per heavy atom. The van der Waals surface area contributed by atoms with Crippen molar-refractivity contribution in [3.63, 3.8) is 0 Å². The molecule has 1 aromatic heterocycles. The van der Waals surface area contributed by atoms with E-state index in [9.17, 15) is 4.79 Å². The first-order valence-corrected chi connectivity index (χ1v) is 11.6. The number of benzene rings is 3. The minimum absolute atomic E-state index is 0.175. The van der Waals surface area contributed by atoms with Crippen molar-refractivity contribution in [3.8, 4) is 11.4 Å². The summed E-state index contributed by atoms with van der Waals surface area (Å²) in [6.07, 6.45) is 0. The summed E-state index contributed by atoms with van der Waals surface area (Å²) in [4.78, 5) is 20.4. The Morgan fingerprint density at radius 1 is 0.971 bits per heavy atom. The summed E-state index contributed by atoms with van der Waals surface area (Å²) in [6, 6.07) is 25.4. The van der Waals surface area contributed by atoms with Gasteiger partial charge in [0, 0.05) is 36.7 Å². The van der Waals surface area contributed by atoms with Crippen molar-refractivity contribution in [1.82, 2.24) is 14.8 Å². The maximum absolute atomic E-state index is 13.6. The number of hydrogen-bond acceptors (Lipinski definition) is 5. The van der Waals surface area contributed by atoms with Crippen LogP contribution in [0.25, 0.3) is 11.4 Å². The van der Waals surface area contributed by atoms with Crippen LogP contribution in [-0.2, 0) is 4.79 Å². The number of anilines is 3. The van der Waals surface area contributed by atoms with E-state index >= 15 is 0 Å². The third kappa shape index (κ3) is 4.40. The van der Waals surface area contributed by atoms with Gasteiger partial charge < -0.3 is 15.5 Å². The lowest BCUT2D eigenvalue weighted by molar-refractivity contribution is -0.113. The molecule has 7 heteroatoms. The van der Waals surface area contributed by atoms with Gasteiger partial charge in [0.25, 0.3) is 5.91 Å². The van der Waals surface area contributed by atoms with Crippen molar-refractivity contribution in [2.75, 3.05) is 29.6 Å². The largest absolute Gasteiger partial charge is 0.378 e. The van der Waals surface area contributed by atoms with Crippen LogP contribution in [0.2, 0.25) is 0 Å². The first-order chi connectivity index (χ1) is 16.9. The number of hydrogen-bond donors (Lipinski definition) is 2. The highest BCUT2D eigenvalue weighted by Gasteiger charge is 2.34. The number of nitrogens with zero attached hydrogens (tertiary/aromatic N) is 4. The zero-order valence-corrected chi connectivity index (χ0v) is 20.3. The van der Waals surface area contributed by atoms with Crippen LogP contribution in [0.4, 0.5) is 17.3 Å². The van der Waals surface area contributed by atoms with Gasteiger partial charge in [0.2, 0.25) is 5.95 Å². The van der Waals surface area contributed by atoms with Crippen molar-refractivity contribution in [3.05, 3.63) is 101 Å². The first kappa shape index (κ1) is 22.4. The van der Waals surface area contributed by atoms with Gasteiger partial charge in [-0.15, -0.1) is 5.10 Å². The number of fused-ring (bicyclic) bond motifs is 1. The molecule has 4 aromatic rings. The van der Waals surface area contributed by atoms with E-state index in [2.05, 4.69) is 21.6 Å². The molecule has 0 fully saturated rings. The maximum Gasteiger partial charge on any atom is 0.255 e. The summed E-state index contributed by atoms with van der Waals surface area (Å²) in [5, 5.41) is 11.2. The van der Waals surface area contributed by atoms with Crippen LogP contribution in [-0.4, -0.2) is 34.8 Å². The SMILES string of the molecule is CC1=C(C(=O)Nc2ccccc2)C(c2cccc(C)c2)n2nc(-c3ccc(N(C)C)cc3)nc2N1. The molecular weight excluding hydrogens is 436 g/mol. The second kappa shape index (κ2) is 9.10. The summed E-state index contributed by atoms with van der Waals surface area (Å²) in [5.41, 5.74) is 6.20. The third-order valence-corrected chi connectivity index (χ3v) is 6.13. The van der Waals surface area contributed by atoms with E-state index in [0.717, 1.165) is 33.8 Å². The Labute approximate surface area is 205 Å². The second-order valence-electron chi connectivity index (χ2n) is 8.95. The van der Waals surface area contributed by atoms with Gasteiger partial charge in [-0.05, 0) is 55.8 Å². The number of amides is 1. The fraction of sp³-hybridized carbons (Fsp3) is 0.179. The molecule has 0 spiro atoms. The predicted molar refractivity (Wildman–Crippen MR) is 140 cm³/mol. The lowest BCUT2D eigenvalue weighted by Crippen LogP contribution is -2.31. The summed E-state index contributed by atoms with van der Waals surface area (Å²) >= 11 is 0. The summed E-state index contributed by atoms with van der Waals surface area (Å²) < 4.78 is 1.82. The van der Waals surface area contributed by atoms with Gasteiger partial charge in [-0.25, -0.2) is 4.68 Å². The molecule has 0 saturated heterocycles. The lowest BCUT2D eigenvalue weighted by atomic mass is 9.94. The molecular formula is C28H28N6O. The zero-order chi connectivity index (χ0) is 24.5. The number of aromatic nitrogens is 3. The summed E-state index contributed by atoms with van der Waals surface area (Å²) in [7, 11) is 4.02. The van der Waals surface area contributed by atoms with Crippen LogP contribution in [0.1, 0.15) is 24.1 Å². The molecule has 176 valence electrons. The lowest BCUT2D eigenvalue weighted by Gasteiger charge is -2.29. The zero-order valence-electron chi connectivity index (χ0n) is 20.3. The van der Waals surface area contributed by atoms with Crippen molar-refractivity contribution in [2.45, 2.75) is 19.9 Å². The highest BCUT2D eigenvalue weighted by Crippen LogP contribution is 2.37. The number of para-hydroxylation sites is 1. The van der Waals surface area contributed by atoms with Crippen LogP contribution in [0.15, 0.2) is 90.1 Å². The molecule has 0 aliphatic carbocycles. The van der Waals surface area contributed by atoms with E-state index in [1.165, 1.54) is 0 Å². The Bertz CT molecular complexity index is 1400. The minimum Gasteiger partial charge on any atom is -0.378 e. The number of nitrogens with one attached hydrogen (secondary N) is 2. The Balaban J connectivity index is 1.58. The van der Waals surface area contributed by atoms with E-state index in [1.54, 1.807) is 0 Å². The Morgan fingerprint density at radius 2 is 1.71 bits per heavy atom. The molecule has 2 heterocycles. The first-order valence-electron chi connectivity index (χ1n) is 11.6. The Kier molecular flexibility index (Phi) is 5.82. The average molecular weight is 465 g/mol. The Hall–Kier alpha value is -4.39. The van der Waals surface area contributed by atoms with Gasteiger partial charge in [-0.2, -0.15) is 4.98 Å². The van der Waals surface area contributed by atoms with E-state index in [4.69, 9.17) is 10.1 Å². The number of carbonyl (C=O) groups excluding carboxylic acids is 1. The second-order valence-corrected chi connectivity index (χ2v) is 8.95. The summed E-state index contributed by atoms with van der Waals surface area (Å²) in [6.45, 7) is 3.96. The molecule has 5 rings (SSSR count). The van der Waals surface area contributed by atoms with Gasteiger partial charge in [0.05, 0.1) is 5.57 Å². The van der Waals surface area contributed by atoms with Crippen molar-refractivity contribution >= 4 is 23.2 Å². The van der Waals surface area contributed by atoms with Gasteiger partial charge in [0.1, 0.15) is 6.04 Å². The van der Waals surface area contributed by atoms with Crippen LogP contribution in [0.5, 0.6) is 0 Å². The van der Waals surface area contributed by atoms with Gasteiger partial charge in [0.15, 0.2) is 5.82 Å². The fourth-order valence-corrected chi connectivity index (χ4v) is 4.34. The average Bonchev–Trinajstić information content (AvgIpc) is 3.27. The fourth-order valence-electron chi connectivity index (χ4n) is 4.34. The molecule has 0 radical (unpaired) electrons. The molecule has 35 heavy (non-hydrogen) atoms. The number of aryl methyl sites for hydroxylation is 1. The quantitative estimate of drug-likeness (QED) is 0.422. The van der Waals surface area contributed by atoms with Crippen molar-refractivity contribution < 1.29 is 4.79 Å². The number of allylic oxidation sites excluding steroid dienone is 1. The van der Waals surface area contributed by atoms with Gasteiger partial charge in [-0.1, -0.05) is 48.0 Å². The molecule has 0 bridgehead atoms. The minimum atomic E-state index is -0.419. The van der Waals surface area contributed by atoms with E-state index in [0.29, 0.717) is 17.3 Å². The standard InChI is InChI=1S/C28H28N6O/c1-18-9-8-10-21(17-18)25-24(27(35)30-22-11-6-5-7-12-22)19(2)29-28-31-26(32-34(25)28)20-13-15-23(16-14-20)33(3)4/h5-17,25H,1-4H3,(H,30,35)(H,29,31,32). The van der Waals surface area contributed by atoms with E-state index < -0.39 is 6.04 Å². The van der Waals surface area contributed by atoms with E-state index in [-0.39, 0.29) is 5.91 Å². The third-order valence-electron chi connectivity index (χ3n) is 6.13. The molecule has 1 unspecified atom stereocenters. The van der Waals surface area contributed by atoms with Crippen LogP contribution in [0, 0.1) is 6.92 Å². The van der Waals surface area contributed by atoms with Crippen molar-refractivity contribution in [1.29, 1.82) is 0 Å². The molecule has 7 nitrogen and oxygen atoms in total. The van der Waals surface area contributed by atoms with Crippen LogP contribution in [0.3, 0.4) is 0 Å². The van der Waals surface area contributed by atoms with Gasteiger partial charge in [-0.3, -0.25) is 4.79 Å². The highest BCUT2D eigenvalue weighted by molar-refractivity contribution is 6.06. The van der Waals surface area contributed by atoms with Crippen LogP contribution < -0.4 is 15.5 Å². The van der Waals surface area contributed by atoms with Crippen molar-refractivity contribution in [2.24, 2.45) is 0 Å². The predicted octanol–water partition coefficient (Wildman–Crippen LogP) is 5.25. The van der Waals surface area contributed by atoms with E-state index in [1.807, 2.05) is 105 Å². The normalized spacial score (nSPS) is 14.8. The molecule has 1 amide bonds. The molecule has 3 aromatic carbocycles. The molecule has 2 N–H and O–H groups in total. The highest BCUT2D eigenvalue weighted by atomic mass is 16.1. The summed E-state index contributed by atoms with van der Waals surface area (Å²) in [5.74, 6) is 1.04. The maximum atomic E-state index is 13.6. The molecule has 0 saturated carbocycles. The smallest absolute Gasteiger partial charge is 0.255 e. The molecule has 1 aliphatic heterocycles.